The number of alkyl halides is 3. The van der Waals surface area contributed by atoms with Crippen molar-refractivity contribution in [2.75, 3.05) is 0 Å². The van der Waals surface area contributed by atoms with Crippen molar-refractivity contribution in [1.29, 1.82) is 0 Å². The Bertz CT molecular complexity index is 692. The first kappa shape index (κ1) is 15.2. The Morgan fingerprint density at radius 1 is 1.29 bits per heavy atom. The van der Waals surface area contributed by atoms with E-state index < -0.39 is 23.8 Å². The smallest absolute Gasteiger partial charge is 0.433 e. The van der Waals surface area contributed by atoms with Crippen LogP contribution in [0.5, 0.6) is 11.8 Å². The molecule has 5 nitrogen and oxygen atoms in total. The van der Waals surface area contributed by atoms with Crippen LogP contribution in [0.1, 0.15) is 16.1 Å². The van der Waals surface area contributed by atoms with Gasteiger partial charge in [0.05, 0.1) is 0 Å². The molecule has 110 valence electrons. The number of ether oxygens (including phenoxy) is 1. The molecule has 21 heavy (non-hydrogen) atoms. The molecule has 1 aromatic heterocycles. The molecule has 0 aliphatic rings. The summed E-state index contributed by atoms with van der Waals surface area (Å²) in [7, 11) is 0. The number of aromatic carboxylic acids is 1. The molecule has 0 bridgehead atoms. The third-order valence-electron chi connectivity index (χ3n) is 2.30. The van der Waals surface area contributed by atoms with Crippen LogP contribution in [0.15, 0.2) is 34.9 Å². The van der Waals surface area contributed by atoms with Crippen LogP contribution in [0.3, 0.4) is 0 Å². The first-order chi connectivity index (χ1) is 9.77. The fourth-order valence-corrected chi connectivity index (χ4v) is 1.77. The number of carbonyl (C=O) groups is 1. The second-order valence-electron chi connectivity index (χ2n) is 3.77. The first-order valence-corrected chi connectivity index (χ1v) is 6.17. The highest BCUT2D eigenvalue weighted by Gasteiger charge is 2.33. The lowest BCUT2D eigenvalue weighted by molar-refractivity contribution is -0.141. The summed E-state index contributed by atoms with van der Waals surface area (Å²) >= 11 is 3.09. The molecule has 0 saturated heterocycles. The van der Waals surface area contributed by atoms with Crippen molar-refractivity contribution in [1.82, 2.24) is 9.97 Å². The third kappa shape index (κ3) is 3.69. The minimum absolute atomic E-state index is 0.162. The monoisotopic (exact) mass is 362 g/mol. The number of hydrogen-bond donors (Lipinski definition) is 1. The van der Waals surface area contributed by atoms with Gasteiger partial charge in [-0.3, -0.25) is 0 Å². The van der Waals surface area contributed by atoms with E-state index in [1.807, 2.05) is 0 Å². The maximum atomic E-state index is 12.5. The molecular formula is C12H6BrF3N2O3. The van der Waals surface area contributed by atoms with E-state index in [0.29, 0.717) is 10.5 Å². The predicted molar refractivity (Wildman–Crippen MR) is 68.2 cm³/mol. The van der Waals surface area contributed by atoms with Crippen LogP contribution < -0.4 is 4.74 Å². The second-order valence-corrected chi connectivity index (χ2v) is 4.69. The lowest BCUT2D eigenvalue weighted by atomic mass is 10.2. The number of rotatable bonds is 3. The van der Waals surface area contributed by atoms with Crippen molar-refractivity contribution in [3.63, 3.8) is 0 Å². The zero-order valence-corrected chi connectivity index (χ0v) is 11.6. The van der Waals surface area contributed by atoms with E-state index in [9.17, 15) is 18.0 Å². The van der Waals surface area contributed by atoms with E-state index in [1.54, 1.807) is 0 Å². The van der Waals surface area contributed by atoms with Crippen LogP contribution in [0.25, 0.3) is 0 Å². The van der Waals surface area contributed by atoms with Crippen molar-refractivity contribution in [2.24, 2.45) is 0 Å². The molecule has 0 fully saturated rings. The highest BCUT2D eigenvalue weighted by molar-refractivity contribution is 9.10. The quantitative estimate of drug-likeness (QED) is 0.900. The van der Waals surface area contributed by atoms with E-state index in [4.69, 9.17) is 9.84 Å². The van der Waals surface area contributed by atoms with E-state index in [-0.39, 0.29) is 11.3 Å². The summed E-state index contributed by atoms with van der Waals surface area (Å²) in [6.07, 6.45) is -3.76. The van der Waals surface area contributed by atoms with Gasteiger partial charge >= 0.3 is 18.2 Å². The molecule has 0 amide bonds. The summed E-state index contributed by atoms with van der Waals surface area (Å²) in [5, 5.41) is 9.03. The molecule has 0 spiro atoms. The number of aromatic nitrogens is 2. The van der Waals surface area contributed by atoms with E-state index in [0.717, 1.165) is 6.20 Å². The minimum Gasteiger partial charge on any atom is -0.478 e. The number of nitrogens with zero attached hydrogens (tertiary/aromatic N) is 2. The molecule has 1 heterocycles. The lowest BCUT2D eigenvalue weighted by Crippen LogP contribution is -2.09. The Labute approximate surface area is 124 Å². The number of hydrogen-bond acceptors (Lipinski definition) is 4. The van der Waals surface area contributed by atoms with Gasteiger partial charge in [-0.2, -0.15) is 18.2 Å². The Hall–Kier alpha value is -2.16. The SMILES string of the molecule is O=C(O)c1cc(Br)ccc1Oc1nccc(C(F)(F)F)n1. The van der Waals surface area contributed by atoms with Gasteiger partial charge in [-0.15, -0.1) is 0 Å². The molecule has 0 aliphatic heterocycles. The van der Waals surface area contributed by atoms with Crippen LogP contribution in [-0.4, -0.2) is 21.0 Å². The molecule has 0 unspecified atom stereocenters. The first-order valence-electron chi connectivity index (χ1n) is 5.38. The average molecular weight is 363 g/mol. The van der Waals surface area contributed by atoms with Gasteiger partial charge in [0.2, 0.25) is 0 Å². The van der Waals surface area contributed by atoms with E-state index in [1.165, 1.54) is 18.2 Å². The third-order valence-corrected chi connectivity index (χ3v) is 2.79. The van der Waals surface area contributed by atoms with Crippen LogP contribution in [0, 0.1) is 0 Å². The fourth-order valence-electron chi connectivity index (χ4n) is 1.40. The molecule has 2 aromatic rings. The normalized spacial score (nSPS) is 11.2. The molecule has 1 aromatic carbocycles. The maximum Gasteiger partial charge on any atom is 0.433 e. The van der Waals surface area contributed by atoms with Gasteiger partial charge in [-0.1, -0.05) is 15.9 Å². The summed E-state index contributed by atoms with van der Waals surface area (Å²) in [6, 6.07) is 4.12. The highest BCUT2D eigenvalue weighted by atomic mass is 79.9. The summed E-state index contributed by atoms with van der Waals surface area (Å²) in [5.74, 6) is -1.46. The molecule has 0 radical (unpaired) electrons. The number of benzene rings is 1. The van der Waals surface area contributed by atoms with Gasteiger partial charge < -0.3 is 9.84 Å². The largest absolute Gasteiger partial charge is 0.478 e. The predicted octanol–water partition coefficient (Wildman–Crippen LogP) is 3.75. The van der Waals surface area contributed by atoms with Gasteiger partial charge in [-0.05, 0) is 24.3 Å². The Balaban J connectivity index is 2.37. The number of halogens is 4. The standard InChI is InChI=1S/C12H6BrF3N2O3/c13-6-1-2-8(7(5-6)10(19)20)21-11-17-4-3-9(18-11)12(14,15)16/h1-5H,(H,19,20). The van der Waals surface area contributed by atoms with Crippen molar-refractivity contribution in [2.45, 2.75) is 6.18 Å². The van der Waals surface area contributed by atoms with E-state index in [2.05, 4.69) is 25.9 Å². The van der Waals surface area contributed by atoms with Crippen molar-refractivity contribution in [3.05, 3.63) is 46.2 Å². The topological polar surface area (TPSA) is 72.3 Å². The summed E-state index contributed by atoms with van der Waals surface area (Å²) in [5.41, 5.74) is -1.41. The summed E-state index contributed by atoms with van der Waals surface area (Å²) in [6.45, 7) is 0. The van der Waals surface area contributed by atoms with Crippen LogP contribution in [-0.2, 0) is 6.18 Å². The second kappa shape index (κ2) is 5.68. The average Bonchev–Trinajstić information content (AvgIpc) is 2.40. The van der Waals surface area contributed by atoms with Gasteiger partial charge in [0.25, 0.3) is 0 Å². The highest BCUT2D eigenvalue weighted by Crippen LogP contribution is 2.30. The number of carboxylic acids is 1. The molecule has 9 heteroatoms. The van der Waals surface area contributed by atoms with Crippen LogP contribution >= 0.6 is 15.9 Å². The molecule has 2 rings (SSSR count). The van der Waals surface area contributed by atoms with Crippen molar-refractivity contribution in [3.8, 4) is 11.8 Å². The Morgan fingerprint density at radius 3 is 2.62 bits per heavy atom. The minimum atomic E-state index is -4.64. The fraction of sp³-hybridized carbons (Fsp3) is 0.0833. The zero-order chi connectivity index (χ0) is 15.6. The van der Waals surface area contributed by atoms with Crippen LogP contribution in [0.2, 0.25) is 0 Å². The molecule has 0 saturated carbocycles. The Morgan fingerprint density at radius 2 is 2.00 bits per heavy atom. The number of carboxylic acid groups (broad SMARTS) is 1. The van der Waals surface area contributed by atoms with Gasteiger partial charge in [0, 0.05) is 10.7 Å². The molecule has 1 N–H and O–H groups in total. The van der Waals surface area contributed by atoms with E-state index >= 15 is 0 Å². The maximum absolute atomic E-state index is 12.5. The van der Waals surface area contributed by atoms with Crippen molar-refractivity contribution >= 4 is 21.9 Å². The van der Waals surface area contributed by atoms with Crippen molar-refractivity contribution < 1.29 is 27.8 Å². The van der Waals surface area contributed by atoms with Gasteiger partial charge in [0.15, 0.2) is 5.69 Å². The molecular weight excluding hydrogens is 357 g/mol. The van der Waals surface area contributed by atoms with Crippen LogP contribution in [0.4, 0.5) is 13.2 Å². The molecule has 0 aliphatic carbocycles. The Kier molecular flexibility index (Phi) is 4.12. The lowest BCUT2D eigenvalue weighted by Gasteiger charge is -2.09. The molecule has 0 atom stereocenters. The summed E-state index contributed by atoms with van der Waals surface area (Å²) in [4.78, 5) is 17.8. The van der Waals surface area contributed by atoms with Gasteiger partial charge in [-0.25, -0.2) is 9.78 Å². The zero-order valence-electron chi connectivity index (χ0n) is 10.1. The summed E-state index contributed by atoms with van der Waals surface area (Å²) < 4.78 is 43.1. The van der Waals surface area contributed by atoms with Gasteiger partial charge in [0.1, 0.15) is 11.3 Å².